The Morgan fingerprint density at radius 2 is 1.66 bits per heavy atom. The maximum Gasteiger partial charge on any atom is 0.262 e. The molecule has 0 spiro atoms. The minimum atomic E-state index is -0.395. The summed E-state index contributed by atoms with van der Waals surface area (Å²) in [6, 6.07) is 15.5. The molecule has 0 aliphatic carbocycles. The van der Waals surface area contributed by atoms with Crippen molar-refractivity contribution >= 4 is 28.5 Å². The molecule has 1 unspecified atom stereocenters. The van der Waals surface area contributed by atoms with Crippen molar-refractivity contribution in [2.45, 2.75) is 37.8 Å². The van der Waals surface area contributed by atoms with Crippen LogP contribution in [0, 0.1) is 13.8 Å². The van der Waals surface area contributed by atoms with E-state index in [1.54, 1.807) is 4.90 Å². The highest BCUT2D eigenvalue weighted by Crippen LogP contribution is 2.30. The molecule has 1 aromatic heterocycles. The number of rotatable bonds is 7. The molecule has 1 heterocycles. The molecule has 3 aromatic rings. The molecule has 0 N–H and O–H groups in total. The third-order valence-corrected chi connectivity index (χ3v) is 5.56. The van der Waals surface area contributed by atoms with Gasteiger partial charge in [-0.2, -0.15) is 4.98 Å². The van der Waals surface area contributed by atoms with Crippen LogP contribution in [0.15, 0.2) is 53.1 Å². The predicted octanol–water partition coefficient (Wildman–Crippen LogP) is 5.10. The van der Waals surface area contributed by atoms with E-state index in [4.69, 9.17) is 9.26 Å². The number of halogens is 1. The van der Waals surface area contributed by atoms with Crippen LogP contribution in [-0.2, 0) is 4.79 Å². The fourth-order valence-electron chi connectivity index (χ4n) is 2.80. The molecule has 7 heteroatoms. The van der Waals surface area contributed by atoms with Crippen LogP contribution in [-0.4, -0.2) is 33.6 Å². The van der Waals surface area contributed by atoms with Gasteiger partial charge in [-0.15, -0.1) is 0 Å². The molecule has 3 rings (SSSR count). The van der Waals surface area contributed by atoms with Gasteiger partial charge in [0.05, 0.1) is 0 Å². The van der Waals surface area contributed by atoms with Gasteiger partial charge in [0.15, 0.2) is 10.7 Å². The third kappa shape index (κ3) is 5.35. The lowest BCUT2D eigenvalue weighted by Gasteiger charge is -2.29. The first-order chi connectivity index (χ1) is 13.8. The number of amides is 1. The van der Waals surface area contributed by atoms with E-state index in [1.807, 2.05) is 76.2 Å². The van der Waals surface area contributed by atoms with E-state index < -0.39 is 4.05 Å². The zero-order valence-corrected chi connectivity index (χ0v) is 19.1. The number of hydrogen-bond donors (Lipinski definition) is 0. The lowest BCUT2D eigenvalue weighted by Crippen LogP contribution is -2.40. The Kier molecular flexibility index (Phi) is 6.89. The molecule has 152 valence electrons. The van der Waals surface area contributed by atoms with Crippen molar-refractivity contribution < 1.29 is 14.1 Å². The first-order valence-corrected chi connectivity index (χ1v) is 10.6. The van der Waals surface area contributed by atoms with Crippen molar-refractivity contribution in [3.8, 4) is 17.1 Å². The molecule has 0 saturated carbocycles. The van der Waals surface area contributed by atoms with E-state index in [-0.39, 0.29) is 18.6 Å². The minimum Gasteiger partial charge on any atom is -0.484 e. The number of carbonyl (C=O) groups is 1. The van der Waals surface area contributed by atoms with E-state index in [9.17, 15) is 4.79 Å². The topological polar surface area (TPSA) is 68.5 Å². The van der Waals surface area contributed by atoms with Crippen LogP contribution in [0.1, 0.15) is 34.9 Å². The summed E-state index contributed by atoms with van der Waals surface area (Å²) in [5.74, 6) is 1.42. The number of nitrogens with zero attached hydrogens (tertiary/aromatic N) is 3. The molecule has 6 nitrogen and oxygen atoms in total. The second-order valence-electron chi connectivity index (χ2n) is 7.15. The first-order valence-electron chi connectivity index (χ1n) is 9.40. The van der Waals surface area contributed by atoms with E-state index in [0.717, 1.165) is 16.7 Å². The van der Waals surface area contributed by atoms with Crippen LogP contribution in [0.4, 0.5) is 0 Å². The summed E-state index contributed by atoms with van der Waals surface area (Å²) in [6.45, 7) is 7.88. The number of alkyl halides is 1. The van der Waals surface area contributed by atoms with Gasteiger partial charge in [-0.25, -0.2) is 0 Å². The zero-order chi connectivity index (χ0) is 21.0. The Morgan fingerprint density at radius 1 is 1.07 bits per heavy atom. The van der Waals surface area contributed by atoms with Crippen molar-refractivity contribution in [2.75, 3.05) is 6.61 Å². The summed E-state index contributed by atoms with van der Waals surface area (Å²) in [6.07, 6.45) is 0. The fraction of sp³-hybridized carbons (Fsp3) is 0.318. The lowest BCUT2D eigenvalue weighted by molar-refractivity contribution is -0.136. The molecule has 1 atom stereocenters. The molecule has 0 radical (unpaired) electrons. The van der Waals surface area contributed by atoms with Crippen LogP contribution < -0.4 is 4.74 Å². The Balaban J connectivity index is 1.71. The van der Waals surface area contributed by atoms with Gasteiger partial charge in [0.1, 0.15) is 5.75 Å². The SMILES string of the molecule is Cc1ccc(OCC(=O)N(C(C)C)C(I)c2nc(-c3ccc(C)cc3)no2)cc1. The maximum absolute atomic E-state index is 12.9. The van der Waals surface area contributed by atoms with E-state index >= 15 is 0 Å². The number of aromatic nitrogens is 2. The Hall–Kier alpha value is -2.42. The van der Waals surface area contributed by atoms with Crippen molar-refractivity contribution in [1.82, 2.24) is 15.0 Å². The highest BCUT2D eigenvalue weighted by Gasteiger charge is 2.30. The van der Waals surface area contributed by atoms with Gasteiger partial charge in [0, 0.05) is 11.6 Å². The van der Waals surface area contributed by atoms with Gasteiger partial charge >= 0.3 is 0 Å². The van der Waals surface area contributed by atoms with Gasteiger partial charge < -0.3 is 14.2 Å². The van der Waals surface area contributed by atoms with Crippen LogP contribution in [0.25, 0.3) is 11.4 Å². The molecule has 0 fully saturated rings. The summed E-state index contributed by atoms with van der Waals surface area (Å²) in [5.41, 5.74) is 3.18. The van der Waals surface area contributed by atoms with Gasteiger partial charge in [-0.05, 0) is 62.4 Å². The summed E-state index contributed by atoms with van der Waals surface area (Å²) in [7, 11) is 0. The standard InChI is InChI=1S/C22H24IN3O3/c1-14(2)26(19(27)13-28-18-11-7-16(4)8-12-18)20(23)22-24-21(25-29-22)17-9-5-15(3)6-10-17/h5-12,14,20H,13H2,1-4H3. The van der Waals surface area contributed by atoms with Crippen LogP contribution in [0.3, 0.4) is 0 Å². The van der Waals surface area contributed by atoms with Crippen LogP contribution in [0.2, 0.25) is 0 Å². The van der Waals surface area contributed by atoms with Gasteiger partial charge in [-0.3, -0.25) is 4.79 Å². The lowest BCUT2D eigenvalue weighted by atomic mass is 10.1. The van der Waals surface area contributed by atoms with Crippen LogP contribution >= 0.6 is 22.6 Å². The number of hydrogen-bond acceptors (Lipinski definition) is 5. The van der Waals surface area contributed by atoms with Gasteiger partial charge in [0.2, 0.25) is 5.82 Å². The highest BCUT2D eigenvalue weighted by molar-refractivity contribution is 14.1. The highest BCUT2D eigenvalue weighted by atomic mass is 127. The van der Waals surface area contributed by atoms with E-state index in [2.05, 4.69) is 32.7 Å². The molecule has 2 aromatic carbocycles. The third-order valence-electron chi connectivity index (χ3n) is 4.43. The summed E-state index contributed by atoms with van der Waals surface area (Å²) < 4.78 is 10.7. The number of benzene rings is 2. The number of aryl methyl sites for hydroxylation is 2. The number of ether oxygens (including phenoxy) is 1. The second kappa shape index (κ2) is 9.39. The maximum atomic E-state index is 12.9. The smallest absolute Gasteiger partial charge is 0.262 e. The van der Waals surface area contributed by atoms with Crippen molar-refractivity contribution in [3.63, 3.8) is 0 Å². The Labute approximate surface area is 184 Å². The minimum absolute atomic E-state index is 0.0549. The van der Waals surface area contributed by atoms with Crippen LogP contribution in [0.5, 0.6) is 5.75 Å². The molecule has 0 aliphatic heterocycles. The first kappa shape index (κ1) is 21.3. The van der Waals surface area contributed by atoms with Gasteiger partial charge in [0.25, 0.3) is 11.8 Å². The fourth-order valence-corrected chi connectivity index (χ4v) is 4.01. The number of carbonyl (C=O) groups excluding carboxylic acids is 1. The molecular formula is C22H24IN3O3. The van der Waals surface area contributed by atoms with Gasteiger partial charge in [-0.1, -0.05) is 52.7 Å². The van der Waals surface area contributed by atoms with Crippen molar-refractivity contribution in [3.05, 3.63) is 65.5 Å². The molecule has 0 bridgehead atoms. The Morgan fingerprint density at radius 3 is 2.24 bits per heavy atom. The summed E-state index contributed by atoms with van der Waals surface area (Å²) >= 11 is 2.15. The average molecular weight is 505 g/mol. The molecule has 29 heavy (non-hydrogen) atoms. The summed E-state index contributed by atoms with van der Waals surface area (Å²) in [5, 5.41) is 4.08. The molecule has 1 amide bonds. The largest absolute Gasteiger partial charge is 0.484 e. The average Bonchev–Trinajstić information content (AvgIpc) is 3.18. The second-order valence-corrected chi connectivity index (χ2v) is 8.33. The normalized spacial score (nSPS) is 12.1. The monoisotopic (exact) mass is 505 g/mol. The summed E-state index contributed by atoms with van der Waals surface area (Å²) in [4.78, 5) is 19.1. The van der Waals surface area contributed by atoms with Crippen molar-refractivity contribution in [1.29, 1.82) is 0 Å². The quantitative estimate of drug-likeness (QED) is 0.254. The zero-order valence-electron chi connectivity index (χ0n) is 16.9. The molecule has 0 aliphatic rings. The van der Waals surface area contributed by atoms with E-state index in [1.165, 1.54) is 0 Å². The van der Waals surface area contributed by atoms with Crippen molar-refractivity contribution in [2.24, 2.45) is 0 Å². The molecular weight excluding hydrogens is 481 g/mol. The van der Waals surface area contributed by atoms with E-state index in [0.29, 0.717) is 17.5 Å². The molecule has 0 saturated heterocycles. The Bertz CT molecular complexity index is 952. The predicted molar refractivity (Wildman–Crippen MR) is 120 cm³/mol.